The monoisotopic (exact) mass is 444 g/mol. The molecule has 1 aromatic heterocycles. The lowest BCUT2D eigenvalue weighted by Crippen LogP contribution is -2.49. The van der Waals surface area contributed by atoms with Crippen molar-refractivity contribution >= 4 is 17.7 Å². The van der Waals surface area contributed by atoms with E-state index in [4.69, 9.17) is 9.47 Å². The Hall–Kier alpha value is -3.20. The fourth-order valence-corrected chi connectivity index (χ4v) is 3.53. The summed E-state index contributed by atoms with van der Waals surface area (Å²) in [6.07, 6.45) is 1.53. The molecule has 8 nitrogen and oxygen atoms in total. The molecule has 9 heteroatoms. The molecule has 1 aliphatic heterocycles. The first kappa shape index (κ1) is 23.5. The van der Waals surface area contributed by atoms with Gasteiger partial charge in [0.15, 0.2) is 11.6 Å². The number of pyridine rings is 1. The van der Waals surface area contributed by atoms with Gasteiger partial charge in [0.2, 0.25) is 5.91 Å². The van der Waals surface area contributed by atoms with Gasteiger partial charge in [0.1, 0.15) is 5.82 Å². The van der Waals surface area contributed by atoms with Gasteiger partial charge in [0.25, 0.3) is 0 Å². The summed E-state index contributed by atoms with van der Waals surface area (Å²) in [7, 11) is 3.14. The molecule has 3 rings (SSSR count). The predicted octanol–water partition coefficient (Wildman–Crippen LogP) is 2.19. The normalized spacial score (nSPS) is 14.2. The number of anilines is 1. The molecule has 1 saturated heterocycles. The van der Waals surface area contributed by atoms with Crippen molar-refractivity contribution in [2.24, 2.45) is 0 Å². The molecule has 0 bridgehead atoms. The second-order valence-corrected chi connectivity index (χ2v) is 7.61. The van der Waals surface area contributed by atoms with Gasteiger partial charge in [0.05, 0.1) is 25.8 Å². The summed E-state index contributed by atoms with van der Waals surface area (Å²) >= 11 is 0. The topological polar surface area (TPSA) is 75.2 Å². The zero-order chi connectivity index (χ0) is 23.1. The van der Waals surface area contributed by atoms with Crippen LogP contribution in [0.3, 0.4) is 0 Å². The maximum absolute atomic E-state index is 13.9. The number of carbonyl (C=O) groups is 2. The van der Waals surface area contributed by atoms with Crippen LogP contribution in [0.25, 0.3) is 0 Å². The molecule has 1 amide bonds. The maximum Gasteiger partial charge on any atom is 0.339 e. The Kier molecular flexibility index (Phi) is 7.99. The summed E-state index contributed by atoms with van der Waals surface area (Å²) in [4.78, 5) is 34.6. The number of likely N-dealkylation sites (N-methyl/N-ethyl adjacent to an activating group) is 1. The molecular weight excluding hydrogens is 415 g/mol. The minimum absolute atomic E-state index is 0.0217. The maximum atomic E-state index is 13.9. The van der Waals surface area contributed by atoms with Gasteiger partial charge in [-0.25, -0.2) is 14.2 Å². The van der Waals surface area contributed by atoms with Crippen molar-refractivity contribution in [3.05, 3.63) is 53.5 Å². The lowest BCUT2D eigenvalue weighted by Gasteiger charge is -2.35. The van der Waals surface area contributed by atoms with E-state index in [0.29, 0.717) is 30.8 Å². The molecule has 2 aromatic rings. The number of piperazine rings is 1. The quantitative estimate of drug-likeness (QED) is 0.578. The first-order valence-electron chi connectivity index (χ1n) is 10.6. The molecule has 0 radical (unpaired) electrons. The SMILES string of the molecule is CCOC(=O)c1ccc(N2CCN(CC(=O)N(C)Cc3ccc(OC)c(F)c3)CC2)nc1. The number of amides is 1. The number of methoxy groups -OCH3 is 1. The zero-order valence-corrected chi connectivity index (χ0v) is 18.7. The number of halogens is 1. The third kappa shape index (κ3) is 5.94. The molecule has 0 atom stereocenters. The first-order chi connectivity index (χ1) is 15.4. The van der Waals surface area contributed by atoms with Gasteiger partial charge >= 0.3 is 5.97 Å². The summed E-state index contributed by atoms with van der Waals surface area (Å²) in [6.45, 7) is 5.62. The number of esters is 1. The Morgan fingerprint density at radius 2 is 1.91 bits per heavy atom. The van der Waals surface area contributed by atoms with E-state index in [1.165, 1.54) is 19.4 Å². The molecule has 172 valence electrons. The Labute approximate surface area is 187 Å². The average Bonchev–Trinajstić information content (AvgIpc) is 2.80. The zero-order valence-electron chi connectivity index (χ0n) is 18.7. The Bertz CT molecular complexity index is 930. The number of hydrogen-bond donors (Lipinski definition) is 0. The molecule has 0 N–H and O–H groups in total. The highest BCUT2D eigenvalue weighted by Crippen LogP contribution is 2.19. The van der Waals surface area contributed by atoms with E-state index >= 15 is 0 Å². The molecule has 0 unspecified atom stereocenters. The largest absolute Gasteiger partial charge is 0.494 e. The number of ether oxygens (including phenoxy) is 2. The van der Waals surface area contributed by atoms with Crippen LogP contribution in [0.5, 0.6) is 5.75 Å². The van der Waals surface area contributed by atoms with Crippen molar-refractivity contribution in [2.45, 2.75) is 13.5 Å². The number of rotatable bonds is 8. The van der Waals surface area contributed by atoms with Gasteiger partial charge in [-0.15, -0.1) is 0 Å². The van der Waals surface area contributed by atoms with Gasteiger partial charge < -0.3 is 19.3 Å². The number of nitrogens with zero attached hydrogens (tertiary/aromatic N) is 4. The van der Waals surface area contributed by atoms with Crippen LogP contribution in [0.1, 0.15) is 22.8 Å². The fourth-order valence-electron chi connectivity index (χ4n) is 3.53. The number of aromatic nitrogens is 1. The van der Waals surface area contributed by atoms with Gasteiger partial charge in [-0.3, -0.25) is 9.69 Å². The number of hydrogen-bond acceptors (Lipinski definition) is 7. The number of benzene rings is 1. The Balaban J connectivity index is 1.47. The van der Waals surface area contributed by atoms with Crippen molar-refractivity contribution < 1.29 is 23.5 Å². The Morgan fingerprint density at radius 3 is 2.50 bits per heavy atom. The van der Waals surface area contributed by atoms with Crippen molar-refractivity contribution in [2.75, 3.05) is 58.4 Å². The van der Waals surface area contributed by atoms with Crippen molar-refractivity contribution in [3.8, 4) is 5.75 Å². The molecule has 1 aliphatic rings. The van der Waals surface area contributed by atoms with E-state index in [1.807, 2.05) is 6.07 Å². The minimum atomic E-state index is -0.439. The lowest BCUT2D eigenvalue weighted by molar-refractivity contribution is -0.131. The van der Waals surface area contributed by atoms with Crippen LogP contribution >= 0.6 is 0 Å². The predicted molar refractivity (Wildman–Crippen MR) is 118 cm³/mol. The summed E-state index contributed by atoms with van der Waals surface area (Å²) in [5.74, 6) is 0.141. The number of carbonyl (C=O) groups excluding carboxylic acids is 2. The van der Waals surface area contributed by atoms with Crippen LogP contribution in [0.2, 0.25) is 0 Å². The smallest absolute Gasteiger partial charge is 0.339 e. The molecular formula is C23H29FN4O4. The highest BCUT2D eigenvalue weighted by molar-refractivity contribution is 5.89. The van der Waals surface area contributed by atoms with Crippen LogP contribution in [0.15, 0.2) is 36.5 Å². The van der Waals surface area contributed by atoms with E-state index in [0.717, 1.165) is 32.0 Å². The first-order valence-corrected chi connectivity index (χ1v) is 10.6. The third-order valence-electron chi connectivity index (χ3n) is 5.38. The van der Waals surface area contributed by atoms with Crippen molar-refractivity contribution in [3.63, 3.8) is 0 Å². The second kappa shape index (κ2) is 10.9. The molecule has 2 heterocycles. The third-order valence-corrected chi connectivity index (χ3v) is 5.38. The van der Waals surface area contributed by atoms with Crippen LogP contribution < -0.4 is 9.64 Å². The van der Waals surface area contributed by atoms with Crippen molar-refractivity contribution in [1.29, 1.82) is 0 Å². The molecule has 1 aromatic carbocycles. The van der Waals surface area contributed by atoms with E-state index in [2.05, 4.69) is 14.8 Å². The molecule has 0 aliphatic carbocycles. The van der Waals surface area contributed by atoms with Gasteiger partial charge in [0, 0.05) is 46.0 Å². The van der Waals surface area contributed by atoms with Gasteiger partial charge in [-0.1, -0.05) is 6.07 Å². The average molecular weight is 445 g/mol. The summed E-state index contributed by atoms with van der Waals surface area (Å²) in [5, 5.41) is 0. The standard InChI is InChI=1S/C23H29FN4O4/c1-4-32-23(30)18-6-8-21(25-14-18)28-11-9-27(10-12-28)16-22(29)26(2)15-17-5-7-20(31-3)19(24)13-17/h5-8,13-14H,4,9-12,15-16H2,1-3H3. The highest BCUT2D eigenvalue weighted by Gasteiger charge is 2.22. The highest BCUT2D eigenvalue weighted by atomic mass is 19.1. The molecule has 0 spiro atoms. The second-order valence-electron chi connectivity index (χ2n) is 7.61. The summed E-state index contributed by atoms with van der Waals surface area (Å²) < 4.78 is 23.8. The van der Waals surface area contributed by atoms with Crippen LogP contribution in [0.4, 0.5) is 10.2 Å². The van der Waals surface area contributed by atoms with Gasteiger partial charge in [-0.2, -0.15) is 0 Å². The van der Waals surface area contributed by atoms with Crippen LogP contribution in [-0.4, -0.2) is 80.1 Å². The minimum Gasteiger partial charge on any atom is -0.494 e. The lowest BCUT2D eigenvalue weighted by atomic mass is 10.2. The van der Waals surface area contributed by atoms with E-state index in [9.17, 15) is 14.0 Å². The van der Waals surface area contributed by atoms with E-state index in [-0.39, 0.29) is 17.6 Å². The van der Waals surface area contributed by atoms with Crippen molar-refractivity contribution in [1.82, 2.24) is 14.8 Å². The van der Waals surface area contributed by atoms with Gasteiger partial charge in [-0.05, 0) is 36.8 Å². The van der Waals surface area contributed by atoms with Crippen LogP contribution in [-0.2, 0) is 16.1 Å². The summed E-state index contributed by atoms with van der Waals surface area (Å²) in [6, 6.07) is 8.24. The molecule has 32 heavy (non-hydrogen) atoms. The Morgan fingerprint density at radius 1 is 1.16 bits per heavy atom. The molecule has 1 fully saturated rings. The van der Waals surface area contributed by atoms with E-state index < -0.39 is 5.82 Å². The fraction of sp³-hybridized carbons (Fsp3) is 0.435. The molecule has 0 saturated carbocycles. The van der Waals surface area contributed by atoms with Crippen LogP contribution in [0, 0.1) is 5.82 Å². The summed E-state index contributed by atoms with van der Waals surface area (Å²) in [5.41, 5.74) is 1.14. The van der Waals surface area contributed by atoms with E-state index in [1.54, 1.807) is 37.1 Å².